The van der Waals surface area contributed by atoms with E-state index in [1.54, 1.807) is 0 Å². The summed E-state index contributed by atoms with van der Waals surface area (Å²) in [6, 6.07) is 4.22. The van der Waals surface area contributed by atoms with E-state index in [1.165, 1.54) is 12.8 Å². The predicted octanol–water partition coefficient (Wildman–Crippen LogP) is 1.33. The second-order valence-corrected chi connectivity index (χ2v) is 4.22. The molecule has 1 amide bonds. The molecule has 0 spiro atoms. The third-order valence-electron chi connectivity index (χ3n) is 3.13. The molecule has 0 aliphatic heterocycles. The third-order valence-corrected chi connectivity index (χ3v) is 3.13. The van der Waals surface area contributed by atoms with Gasteiger partial charge in [-0.1, -0.05) is 12.8 Å². The van der Waals surface area contributed by atoms with Crippen LogP contribution in [0.15, 0.2) is 18.3 Å². The van der Waals surface area contributed by atoms with E-state index in [-0.39, 0.29) is 12.5 Å². The zero-order chi connectivity index (χ0) is 11.4. The molecular weight excluding hydrogens is 204 g/mol. The monoisotopic (exact) mass is 222 g/mol. The summed E-state index contributed by atoms with van der Waals surface area (Å²) in [5, 5.41) is 11.4. The van der Waals surface area contributed by atoms with Gasteiger partial charge in [-0.05, 0) is 25.0 Å². The van der Waals surface area contributed by atoms with Crippen LogP contribution in [0.3, 0.4) is 0 Å². The molecule has 1 heterocycles. The van der Waals surface area contributed by atoms with Crippen molar-refractivity contribution in [2.24, 2.45) is 0 Å². The van der Waals surface area contributed by atoms with Gasteiger partial charge in [-0.25, -0.2) is 0 Å². The fourth-order valence-electron chi connectivity index (χ4n) is 2.35. The normalized spacial score (nSPS) is 16.6. The van der Waals surface area contributed by atoms with Crippen LogP contribution in [-0.2, 0) is 0 Å². The van der Waals surface area contributed by atoms with Gasteiger partial charge < -0.3 is 15.0 Å². The van der Waals surface area contributed by atoms with Gasteiger partial charge in [0.05, 0.1) is 6.61 Å². The Hall–Kier alpha value is -1.29. The van der Waals surface area contributed by atoms with Crippen LogP contribution < -0.4 is 5.32 Å². The highest BCUT2D eigenvalue weighted by molar-refractivity contribution is 5.92. The molecule has 1 fully saturated rings. The SMILES string of the molecule is O=C(NCCO)c1cccn1C1CCCC1. The summed E-state index contributed by atoms with van der Waals surface area (Å²) in [6.45, 7) is 0.296. The first kappa shape index (κ1) is 11.2. The summed E-state index contributed by atoms with van der Waals surface area (Å²) in [6.07, 6.45) is 6.80. The van der Waals surface area contributed by atoms with E-state index in [9.17, 15) is 4.79 Å². The number of hydrogen-bond donors (Lipinski definition) is 2. The minimum Gasteiger partial charge on any atom is -0.395 e. The van der Waals surface area contributed by atoms with Crippen molar-refractivity contribution in [2.75, 3.05) is 13.2 Å². The Bertz CT molecular complexity index is 354. The standard InChI is InChI=1S/C12H18N2O2/c15-9-7-13-12(16)11-6-3-8-14(11)10-4-1-2-5-10/h3,6,8,10,15H,1-2,4-5,7,9H2,(H,13,16). The highest BCUT2D eigenvalue weighted by Crippen LogP contribution is 2.30. The second kappa shape index (κ2) is 5.16. The van der Waals surface area contributed by atoms with Crippen LogP contribution in [0, 0.1) is 0 Å². The van der Waals surface area contributed by atoms with E-state index >= 15 is 0 Å². The number of aliphatic hydroxyl groups is 1. The van der Waals surface area contributed by atoms with Crippen molar-refractivity contribution in [1.82, 2.24) is 9.88 Å². The lowest BCUT2D eigenvalue weighted by Gasteiger charge is -2.15. The third kappa shape index (κ3) is 2.27. The minimum absolute atomic E-state index is 0.0180. The molecule has 88 valence electrons. The van der Waals surface area contributed by atoms with Crippen LogP contribution in [0.4, 0.5) is 0 Å². The Labute approximate surface area is 95.3 Å². The Morgan fingerprint density at radius 1 is 1.50 bits per heavy atom. The molecule has 0 unspecified atom stereocenters. The maximum atomic E-state index is 11.8. The molecule has 0 bridgehead atoms. The molecule has 4 nitrogen and oxygen atoms in total. The fourth-order valence-corrected chi connectivity index (χ4v) is 2.35. The van der Waals surface area contributed by atoms with E-state index in [4.69, 9.17) is 5.11 Å². The molecular formula is C12H18N2O2. The Balaban J connectivity index is 2.08. The number of rotatable bonds is 4. The lowest BCUT2D eigenvalue weighted by molar-refractivity contribution is 0.0933. The summed E-state index contributed by atoms with van der Waals surface area (Å²) in [5.74, 6) is -0.0917. The topological polar surface area (TPSA) is 54.3 Å². The first-order valence-corrected chi connectivity index (χ1v) is 5.89. The average Bonchev–Trinajstić information content (AvgIpc) is 2.94. The predicted molar refractivity (Wildman–Crippen MR) is 61.4 cm³/mol. The van der Waals surface area contributed by atoms with Crippen LogP contribution >= 0.6 is 0 Å². The van der Waals surface area contributed by atoms with Crippen LogP contribution in [0.5, 0.6) is 0 Å². The number of nitrogens with one attached hydrogen (secondary N) is 1. The summed E-state index contributed by atoms with van der Waals surface area (Å²) in [5.41, 5.74) is 0.709. The zero-order valence-corrected chi connectivity index (χ0v) is 9.35. The van der Waals surface area contributed by atoms with E-state index in [0.29, 0.717) is 18.3 Å². The highest BCUT2D eigenvalue weighted by atomic mass is 16.3. The molecule has 0 atom stereocenters. The van der Waals surface area contributed by atoms with Crippen molar-refractivity contribution < 1.29 is 9.90 Å². The molecule has 2 rings (SSSR count). The molecule has 4 heteroatoms. The number of amides is 1. The molecule has 0 radical (unpaired) electrons. The van der Waals surface area contributed by atoms with Gasteiger partial charge in [0.25, 0.3) is 5.91 Å². The number of carbonyl (C=O) groups excluding carboxylic acids is 1. The minimum atomic E-state index is -0.0917. The first-order valence-electron chi connectivity index (χ1n) is 5.89. The van der Waals surface area contributed by atoms with Crippen molar-refractivity contribution >= 4 is 5.91 Å². The summed E-state index contributed by atoms with van der Waals surface area (Å²) in [7, 11) is 0. The number of aromatic nitrogens is 1. The van der Waals surface area contributed by atoms with Crippen LogP contribution in [0.1, 0.15) is 42.2 Å². The van der Waals surface area contributed by atoms with Crippen molar-refractivity contribution in [3.63, 3.8) is 0 Å². The molecule has 0 aromatic carbocycles. The van der Waals surface area contributed by atoms with Gasteiger partial charge in [-0.15, -0.1) is 0 Å². The molecule has 1 aliphatic rings. The number of carbonyl (C=O) groups is 1. The summed E-state index contributed by atoms with van der Waals surface area (Å²) in [4.78, 5) is 11.8. The van der Waals surface area contributed by atoms with Gasteiger partial charge in [0, 0.05) is 18.8 Å². The first-order chi connectivity index (χ1) is 7.83. The van der Waals surface area contributed by atoms with E-state index < -0.39 is 0 Å². The molecule has 1 aromatic heterocycles. The smallest absolute Gasteiger partial charge is 0.267 e. The van der Waals surface area contributed by atoms with Crippen molar-refractivity contribution in [3.8, 4) is 0 Å². The maximum absolute atomic E-state index is 11.8. The number of aliphatic hydroxyl groups excluding tert-OH is 1. The van der Waals surface area contributed by atoms with Gasteiger partial charge in [-0.2, -0.15) is 0 Å². The van der Waals surface area contributed by atoms with Crippen molar-refractivity contribution in [3.05, 3.63) is 24.0 Å². The van der Waals surface area contributed by atoms with Crippen LogP contribution in [0.25, 0.3) is 0 Å². The van der Waals surface area contributed by atoms with Gasteiger partial charge in [0.15, 0.2) is 0 Å². The quantitative estimate of drug-likeness (QED) is 0.807. The molecule has 1 saturated carbocycles. The van der Waals surface area contributed by atoms with Gasteiger partial charge in [0.1, 0.15) is 5.69 Å². The molecule has 0 saturated heterocycles. The number of nitrogens with zero attached hydrogens (tertiary/aromatic N) is 1. The van der Waals surface area contributed by atoms with Crippen molar-refractivity contribution in [2.45, 2.75) is 31.7 Å². The van der Waals surface area contributed by atoms with E-state index in [1.807, 2.05) is 18.3 Å². The van der Waals surface area contributed by atoms with E-state index in [2.05, 4.69) is 9.88 Å². The fraction of sp³-hybridized carbons (Fsp3) is 0.583. The molecule has 16 heavy (non-hydrogen) atoms. The molecule has 1 aliphatic carbocycles. The summed E-state index contributed by atoms with van der Waals surface area (Å²) < 4.78 is 2.07. The van der Waals surface area contributed by atoms with Gasteiger partial charge in [0.2, 0.25) is 0 Å². The Morgan fingerprint density at radius 2 is 2.25 bits per heavy atom. The summed E-state index contributed by atoms with van der Waals surface area (Å²) >= 11 is 0. The zero-order valence-electron chi connectivity index (χ0n) is 9.35. The van der Waals surface area contributed by atoms with Crippen LogP contribution in [-0.4, -0.2) is 28.7 Å². The average molecular weight is 222 g/mol. The second-order valence-electron chi connectivity index (χ2n) is 4.22. The molecule has 1 aromatic rings. The van der Waals surface area contributed by atoms with Gasteiger partial charge in [-0.3, -0.25) is 4.79 Å². The maximum Gasteiger partial charge on any atom is 0.267 e. The van der Waals surface area contributed by atoms with Gasteiger partial charge >= 0.3 is 0 Å². The van der Waals surface area contributed by atoms with Crippen molar-refractivity contribution in [1.29, 1.82) is 0 Å². The number of hydrogen-bond acceptors (Lipinski definition) is 2. The lowest BCUT2D eigenvalue weighted by Crippen LogP contribution is -2.29. The highest BCUT2D eigenvalue weighted by Gasteiger charge is 2.20. The molecule has 2 N–H and O–H groups in total. The Kier molecular flexibility index (Phi) is 3.62. The van der Waals surface area contributed by atoms with E-state index in [0.717, 1.165) is 12.8 Å². The lowest BCUT2D eigenvalue weighted by atomic mass is 10.2. The Morgan fingerprint density at radius 3 is 2.94 bits per heavy atom. The van der Waals surface area contributed by atoms with Crippen LogP contribution in [0.2, 0.25) is 0 Å². The largest absolute Gasteiger partial charge is 0.395 e.